The molecule has 1 amide bonds. The van der Waals surface area contributed by atoms with Gasteiger partial charge in [0.15, 0.2) is 5.82 Å². The average molecular weight is 225 g/mol. The van der Waals surface area contributed by atoms with Crippen molar-refractivity contribution in [2.75, 3.05) is 18.5 Å². The van der Waals surface area contributed by atoms with E-state index in [4.69, 9.17) is 9.84 Å². The van der Waals surface area contributed by atoms with Crippen LogP contribution in [-0.4, -0.2) is 40.4 Å². The van der Waals surface area contributed by atoms with Gasteiger partial charge in [-0.25, -0.2) is 4.79 Å². The second kappa shape index (κ2) is 4.31. The maximum atomic E-state index is 11.6. The molecule has 1 fully saturated rings. The minimum absolute atomic E-state index is 0.0574. The van der Waals surface area contributed by atoms with Crippen LogP contribution in [-0.2, 0) is 9.53 Å². The molecule has 7 nitrogen and oxygen atoms in total. The Morgan fingerprint density at radius 2 is 2.44 bits per heavy atom. The van der Waals surface area contributed by atoms with Crippen LogP contribution in [0.5, 0.6) is 0 Å². The third-order valence-electron chi connectivity index (χ3n) is 2.36. The summed E-state index contributed by atoms with van der Waals surface area (Å²) in [6.45, 7) is 0.987. The minimum Gasteiger partial charge on any atom is -0.477 e. The number of nitrogens with zero attached hydrogens (tertiary/aromatic N) is 1. The first-order valence-electron chi connectivity index (χ1n) is 4.84. The van der Waals surface area contributed by atoms with Crippen molar-refractivity contribution in [2.45, 2.75) is 6.42 Å². The molecule has 1 atom stereocenters. The molecule has 0 spiro atoms. The number of carbonyl (C=O) groups excluding carboxylic acids is 1. The fraction of sp³-hybridized carbons (Fsp3) is 0.444. The van der Waals surface area contributed by atoms with Gasteiger partial charge in [0, 0.05) is 12.7 Å². The third-order valence-corrected chi connectivity index (χ3v) is 2.36. The summed E-state index contributed by atoms with van der Waals surface area (Å²) in [5.41, 5.74) is -0.0574. The maximum Gasteiger partial charge on any atom is 0.353 e. The number of aromatic amines is 1. The molecule has 0 aromatic carbocycles. The average Bonchev–Trinajstić information content (AvgIpc) is 2.87. The fourth-order valence-electron chi connectivity index (χ4n) is 1.46. The van der Waals surface area contributed by atoms with Crippen LogP contribution >= 0.6 is 0 Å². The predicted octanol–water partition coefficient (Wildman–Crippen LogP) is 0.0829. The number of anilines is 1. The van der Waals surface area contributed by atoms with E-state index in [1.54, 1.807) is 0 Å². The molecule has 1 aromatic rings. The van der Waals surface area contributed by atoms with Crippen LogP contribution in [0, 0.1) is 5.92 Å². The molecule has 0 bridgehead atoms. The number of hydrogen-bond acceptors (Lipinski definition) is 4. The highest BCUT2D eigenvalue weighted by Crippen LogP contribution is 2.15. The number of rotatable bonds is 3. The zero-order chi connectivity index (χ0) is 11.5. The Hall–Kier alpha value is -1.89. The first-order valence-corrected chi connectivity index (χ1v) is 4.84. The summed E-state index contributed by atoms with van der Waals surface area (Å²) in [7, 11) is 0. The zero-order valence-electron chi connectivity index (χ0n) is 8.40. The molecule has 0 aliphatic carbocycles. The Morgan fingerprint density at radius 1 is 1.62 bits per heavy atom. The lowest BCUT2D eigenvalue weighted by atomic mass is 10.1. The fourth-order valence-corrected chi connectivity index (χ4v) is 1.46. The van der Waals surface area contributed by atoms with Crippen molar-refractivity contribution in [1.82, 2.24) is 10.2 Å². The van der Waals surface area contributed by atoms with Crippen LogP contribution in [0.2, 0.25) is 0 Å². The topological polar surface area (TPSA) is 104 Å². The summed E-state index contributed by atoms with van der Waals surface area (Å²) in [6, 6.07) is 1.27. The lowest BCUT2D eigenvalue weighted by Crippen LogP contribution is -2.22. The number of aromatic carboxylic acids is 1. The third kappa shape index (κ3) is 2.19. The molecule has 16 heavy (non-hydrogen) atoms. The van der Waals surface area contributed by atoms with E-state index in [9.17, 15) is 9.59 Å². The van der Waals surface area contributed by atoms with Crippen LogP contribution in [0.3, 0.4) is 0 Å². The predicted molar refractivity (Wildman–Crippen MR) is 53.1 cm³/mol. The number of nitrogens with one attached hydrogen (secondary N) is 2. The lowest BCUT2D eigenvalue weighted by Gasteiger charge is -2.05. The van der Waals surface area contributed by atoms with Crippen molar-refractivity contribution in [2.24, 2.45) is 5.92 Å². The minimum atomic E-state index is -1.11. The standard InChI is InChI=1S/C9H11N3O4/c13-8(5-1-2-16-4-5)10-7-3-6(9(14)15)11-12-7/h3,5H,1-2,4H2,(H,14,15)(H2,10,11,12,13). The van der Waals surface area contributed by atoms with Crippen molar-refractivity contribution in [3.63, 3.8) is 0 Å². The maximum absolute atomic E-state index is 11.6. The van der Waals surface area contributed by atoms with Gasteiger partial charge in [0.05, 0.1) is 12.5 Å². The number of H-pyrrole nitrogens is 1. The molecule has 0 radical (unpaired) electrons. The summed E-state index contributed by atoms with van der Waals surface area (Å²) >= 11 is 0. The Morgan fingerprint density at radius 3 is 3.00 bits per heavy atom. The number of carboxylic acid groups (broad SMARTS) is 1. The van der Waals surface area contributed by atoms with E-state index in [1.807, 2.05) is 0 Å². The Balaban J connectivity index is 1.97. The monoisotopic (exact) mass is 225 g/mol. The summed E-state index contributed by atoms with van der Waals surface area (Å²) in [6.07, 6.45) is 0.683. The number of ether oxygens (including phenoxy) is 1. The largest absolute Gasteiger partial charge is 0.477 e. The van der Waals surface area contributed by atoms with Gasteiger partial charge in [0.2, 0.25) is 5.91 Å². The number of amides is 1. The van der Waals surface area contributed by atoms with Gasteiger partial charge in [-0.3, -0.25) is 9.89 Å². The van der Waals surface area contributed by atoms with Gasteiger partial charge in [-0.1, -0.05) is 0 Å². The Bertz CT molecular complexity index is 409. The number of aromatic nitrogens is 2. The second-order valence-corrected chi connectivity index (χ2v) is 3.52. The molecule has 2 heterocycles. The number of carboxylic acids is 1. The Kier molecular flexibility index (Phi) is 2.86. The van der Waals surface area contributed by atoms with Crippen LogP contribution in [0.15, 0.2) is 6.07 Å². The lowest BCUT2D eigenvalue weighted by molar-refractivity contribution is -0.119. The van der Waals surface area contributed by atoms with Gasteiger partial charge in [-0.15, -0.1) is 0 Å². The number of hydrogen-bond donors (Lipinski definition) is 3. The molecule has 0 saturated carbocycles. The second-order valence-electron chi connectivity index (χ2n) is 3.52. The zero-order valence-corrected chi connectivity index (χ0v) is 8.40. The van der Waals surface area contributed by atoms with Crippen LogP contribution in [0.1, 0.15) is 16.9 Å². The summed E-state index contributed by atoms with van der Waals surface area (Å²) in [5, 5.41) is 17.2. The molecule has 3 N–H and O–H groups in total. The molecule has 1 unspecified atom stereocenters. The van der Waals surface area contributed by atoms with Crippen molar-refractivity contribution in [3.8, 4) is 0 Å². The van der Waals surface area contributed by atoms with Gasteiger partial charge in [0.1, 0.15) is 5.69 Å². The van der Waals surface area contributed by atoms with Crippen molar-refractivity contribution in [3.05, 3.63) is 11.8 Å². The van der Waals surface area contributed by atoms with Gasteiger partial charge in [-0.2, -0.15) is 5.10 Å². The summed E-state index contributed by atoms with van der Waals surface area (Å²) in [5.74, 6) is -1.27. The van der Waals surface area contributed by atoms with Crippen LogP contribution in [0.4, 0.5) is 5.82 Å². The van der Waals surface area contributed by atoms with Gasteiger partial charge < -0.3 is 15.2 Å². The van der Waals surface area contributed by atoms with E-state index < -0.39 is 5.97 Å². The highest BCUT2D eigenvalue weighted by atomic mass is 16.5. The van der Waals surface area contributed by atoms with Crippen molar-refractivity contribution >= 4 is 17.7 Å². The smallest absolute Gasteiger partial charge is 0.353 e. The number of carbonyl (C=O) groups is 2. The van der Waals surface area contributed by atoms with Crippen molar-refractivity contribution in [1.29, 1.82) is 0 Å². The molecular weight excluding hydrogens is 214 g/mol. The summed E-state index contributed by atoms with van der Waals surface area (Å²) in [4.78, 5) is 22.2. The first kappa shape index (κ1) is 10.6. The molecule has 1 aromatic heterocycles. The molecular formula is C9H11N3O4. The van der Waals surface area contributed by atoms with E-state index in [0.717, 1.165) is 0 Å². The SMILES string of the molecule is O=C(O)c1cc(NC(=O)C2CCOC2)n[nH]1. The van der Waals surface area contributed by atoms with Gasteiger partial charge in [-0.05, 0) is 6.42 Å². The first-order chi connectivity index (χ1) is 7.66. The normalized spacial score (nSPS) is 19.6. The van der Waals surface area contributed by atoms with E-state index in [-0.39, 0.29) is 23.3 Å². The molecule has 2 rings (SSSR count). The van der Waals surface area contributed by atoms with Crippen LogP contribution < -0.4 is 5.32 Å². The van der Waals surface area contributed by atoms with Gasteiger partial charge >= 0.3 is 5.97 Å². The van der Waals surface area contributed by atoms with E-state index in [0.29, 0.717) is 19.6 Å². The van der Waals surface area contributed by atoms with E-state index in [1.165, 1.54) is 6.07 Å². The van der Waals surface area contributed by atoms with Gasteiger partial charge in [0.25, 0.3) is 0 Å². The molecule has 1 saturated heterocycles. The molecule has 1 aliphatic heterocycles. The molecule has 1 aliphatic rings. The van der Waals surface area contributed by atoms with E-state index in [2.05, 4.69) is 15.5 Å². The molecule has 7 heteroatoms. The van der Waals surface area contributed by atoms with Crippen molar-refractivity contribution < 1.29 is 19.4 Å². The summed E-state index contributed by atoms with van der Waals surface area (Å²) < 4.78 is 5.08. The highest BCUT2D eigenvalue weighted by molar-refractivity contribution is 5.93. The Labute approximate surface area is 90.8 Å². The van der Waals surface area contributed by atoms with Crippen LogP contribution in [0.25, 0.3) is 0 Å². The van der Waals surface area contributed by atoms with E-state index >= 15 is 0 Å². The quantitative estimate of drug-likeness (QED) is 0.675. The molecule has 86 valence electrons. The highest BCUT2D eigenvalue weighted by Gasteiger charge is 2.24.